The number of hydrogen-bond acceptors (Lipinski definition) is 3. The van der Waals surface area contributed by atoms with Crippen LogP contribution >= 0.6 is 0 Å². The van der Waals surface area contributed by atoms with Gasteiger partial charge in [0.25, 0.3) is 5.91 Å². The van der Waals surface area contributed by atoms with Gasteiger partial charge in [-0.2, -0.15) is 0 Å². The van der Waals surface area contributed by atoms with Gasteiger partial charge in [-0.1, -0.05) is 36.4 Å². The molecule has 2 aliphatic rings. The number of carbonyl (C=O) groups is 1. The van der Waals surface area contributed by atoms with Crippen molar-refractivity contribution in [3.05, 3.63) is 65.2 Å². The molecule has 1 N–H and O–H groups in total. The molecule has 1 saturated heterocycles. The number of aryl methyl sites for hydroxylation is 1. The number of ether oxygens (including phenoxy) is 1. The molecule has 130 valence electrons. The van der Waals surface area contributed by atoms with E-state index in [2.05, 4.69) is 34.5 Å². The van der Waals surface area contributed by atoms with Crippen LogP contribution in [-0.4, -0.2) is 32.2 Å². The second-order valence-corrected chi connectivity index (χ2v) is 6.73. The van der Waals surface area contributed by atoms with Crippen LogP contribution in [0.2, 0.25) is 0 Å². The third kappa shape index (κ3) is 3.40. The SMILES string of the molecule is O=C(N[C@@H]1CCCc2ccccc21)c1ccccc1N1CCOCC1. The van der Waals surface area contributed by atoms with Crippen molar-refractivity contribution in [2.45, 2.75) is 25.3 Å². The van der Waals surface area contributed by atoms with E-state index in [9.17, 15) is 4.79 Å². The summed E-state index contributed by atoms with van der Waals surface area (Å²) in [5.41, 5.74) is 4.39. The van der Waals surface area contributed by atoms with E-state index in [-0.39, 0.29) is 11.9 Å². The molecule has 0 bridgehead atoms. The van der Waals surface area contributed by atoms with Crippen molar-refractivity contribution in [3.63, 3.8) is 0 Å². The van der Waals surface area contributed by atoms with E-state index in [0.29, 0.717) is 13.2 Å². The van der Waals surface area contributed by atoms with Gasteiger partial charge < -0.3 is 15.0 Å². The summed E-state index contributed by atoms with van der Waals surface area (Å²) < 4.78 is 5.44. The zero-order chi connectivity index (χ0) is 17.1. The number of amides is 1. The Kier molecular flexibility index (Phi) is 4.70. The first kappa shape index (κ1) is 16.2. The maximum Gasteiger partial charge on any atom is 0.253 e. The summed E-state index contributed by atoms with van der Waals surface area (Å²) in [6.07, 6.45) is 3.22. The predicted molar refractivity (Wildman–Crippen MR) is 99.1 cm³/mol. The summed E-state index contributed by atoms with van der Waals surface area (Å²) in [6, 6.07) is 16.5. The van der Waals surface area contributed by atoms with Crippen molar-refractivity contribution in [1.29, 1.82) is 0 Å². The highest BCUT2D eigenvalue weighted by Gasteiger charge is 2.24. The maximum atomic E-state index is 13.0. The topological polar surface area (TPSA) is 41.6 Å². The Morgan fingerprint density at radius 1 is 1.04 bits per heavy atom. The van der Waals surface area contributed by atoms with Crippen molar-refractivity contribution in [2.75, 3.05) is 31.2 Å². The smallest absolute Gasteiger partial charge is 0.253 e. The number of hydrogen-bond donors (Lipinski definition) is 1. The van der Waals surface area contributed by atoms with Crippen molar-refractivity contribution in [2.24, 2.45) is 0 Å². The number of nitrogens with one attached hydrogen (secondary N) is 1. The molecule has 0 radical (unpaired) electrons. The number of benzene rings is 2. The molecule has 1 heterocycles. The Labute approximate surface area is 148 Å². The third-order valence-electron chi connectivity index (χ3n) is 5.18. The molecule has 0 saturated carbocycles. The first-order chi connectivity index (χ1) is 12.3. The molecule has 1 aliphatic carbocycles. The normalized spacial score (nSPS) is 20.0. The molecule has 1 amide bonds. The summed E-state index contributed by atoms with van der Waals surface area (Å²) in [7, 11) is 0. The molecular weight excluding hydrogens is 312 g/mol. The van der Waals surface area contributed by atoms with Gasteiger partial charge >= 0.3 is 0 Å². The summed E-state index contributed by atoms with van der Waals surface area (Å²) in [5, 5.41) is 3.27. The number of carbonyl (C=O) groups excluding carboxylic acids is 1. The first-order valence-electron chi connectivity index (χ1n) is 9.13. The minimum atomic E-state index is 0.0174. The fourth-order valence-electron chi connectivity index (χ4n) is 3.89. The highest BCUT2D eigenvalue weighted by molar-refractivity contribution is 6.00. The minimum absolute atomic E-state index is 0.0174. The van der Waals surface area contributed by atoms with Crippen LogP contribution in [0.15, 0.2) is 48.5 Å². The number of rotatable bonds is 3. The second kappa shape index (κ2) is 7.28. The molecule has 2 aromatic rings. The number of anilines is 1. The zero-order valence-corrected chi connectivity index (χ0v) is 14.4. The lowest BCUT2D eigenvalue weighted by Gasteiger charge is -2.31. The molecule has 4 rings (SSSR count). The molecule has 1 fully saturated rings. The van der Waals surface area contributed by atoms with Gasteiger partial charge in [0.1, 0.15) is 0 Å². The second-order valence-electron chi connectivity index (χ2n) is 6.73. The lowest BCUT2D eigenvalue weighted by Crippen LogP contribution is -2.38. The van der Waals surface area contributed by atoms with Crippen molar-refractivity contribution >= 4 is 11.6 Å². The molecule has 4 heteroatoms. The fraction of sp³-hybridized carbons (Fsp3) is 0.381. The highest BCUT2D eigenvalue weighted by atomic mass is 16.5. The Bertz CT molecular complexity index is 753. The van der Waals surface area contributed by atoms with Gasteiger partial charge in [-0.05, 0) is 42.5 Å². The molecule has 2 aromatic carbocycles. The van der Waals surface area contributed by atoms with E-state index in [1.54, 1.807) is 0 Å². The van der Waals surface area contributed by atoms with Crippen LogP contribution in [0.4, 0.5) is 5.69 Å². The zero-order valence-electron chi connectivity index (χ0n) is 14.4. The van der Waals surface area contributed by atoms with Crippen molar-refractivity contribution in [3.8, 4) is 0 Å². The summed E-state index contributed by atoms with van der Waals surface area (Å²) in [5.74, 6) is 0.0174. The van der Waals surface area contributed by atoms with Crippen LogP contribution < -0.4 is 10.2 Å². The molecular formula is C21H24N2O2. The van der Waals surface area contributed by atoms with E-state index in [0.717, 1.165) is 43.6 Å². The summed E-state index contributed by atoms with van der Waals surface area (Å²) in [6.45, 7) is 3.09. The van der Waals surface area contributed by atoms with E-state index in [4.69, 9.17) is 4.74 Å². The molecule has 0 unspecified atom stereocenters. The van der Waals surface area contributed by atoms with E-state index < -0.39 is 0 Å². The van der Waals surface area contributed by atoms with Crippen LogP contribution in [-0.2, 0) is 11.2 Å². The van der Waals surface area contributed by atoms with Crippen LogP contribution in [0.3, 0.4) is 0 Å². The minimum Gasteiger partial charge on any atom is -0.378 e. The van der Waals surface area contributed by atoms with Crippen molar-refractivity contribution in [1.82, 2.24) is 5.32 Å². The van der Waals surface area contributed by atoms with Crippen LogP contribution in [0.25, 0.3) is 0 Å². The molecule has 4 nitrogen and oxygen atoms in total. The van der Waals surface area contributed by atoms with Gasteiger partial charge in [-0.25, -0.2) is 0 Å². The predicted octanol–water partition coefficient (Wildman–Crippen LogP) is 3.33. The van der Waals surface area contributed by atoms with E-state index in [1.165, 1.54) is 11.1 Å². The number of morpholine rings is 1. The molecule has 1 aliphatic heterocycles. The van der Waals surface area contributed by atoms with Gasteiger partial charge in [0.2, 0.25) is 0 Å². The Morgan fingerprint density at radius 2 is 1.80 bits per heavy atom. The van der Waals surface area contributed by atoms with Gasteiger partial charge in [-0.15, -0.1) is 0 Å². The monoisotopic (exact) mass is 336 g/mol. The van der Waals surface area contributed by atoms with Gasteiger partial charge in [0.15, 0.2) is 0 Å². The van der Waals surface area contributed by atoms with Crippen LogP contribution in [0, 0.1) is 0 Å². The Morgan fingerprint density at radius 3 is 2.68 bits per heavy atom. The van der Waals surface area contributed by atoms with Gasteiger partial charge in [0.05, 0.1) is 24.8 Å². The molecule has 0 spiro atoms. The molecule has 0 aromatic heterocycles. The van der Waals surface area contributed by atoms with E-state index >= 15 is 0 Å². The van der Waals surface area contributed by atoms with Gasteiger partial charge in [0, 0.05) is 18.8 Å². The quantitative estimate of drug-likeness (QED) is 0.935. The van der Waals surface area contributed by atoms with Crippen LogP contribution in [0.1, 0.15) is 40.4 Å². The average molecular weight is 336 g/mol. The molecule has 1 atom stereocenters. The largest absolute Gasteiger partial charge is 0.378 e. The standard InChI is InChI=1S/C21H24N2O2/c24-21(22-19-10-5-7-16-6-1-2-8-17(16)19)18-9-3-4-11-20(18)23-12-14-25-15-13-23/h1-4,6,8-9,11,19H,5,7,10,12-15H2,(H,22,24)/t19-/m1/s1. The van der Waals surface area contributed by atoms with Gasteiger partial charge in [-0.3, -0.25) is 4.79 Å². The summed E-state index contributed by atoms with van der Waals surface area (Å²) >= 11 is 0. The lowest BCUT2D eigenvalue weighted by atomic mass is 9.87. The van der Waals surface area contributed by atoms with Crippen molar-refractivity contribution < 1.29 is 9.53 Å². The summed E-state index contributed by atoms with van der Waals surface area (Å²) in [4.78, 5) is 15.3. The molecule has 25 heavy (non-hydrogen) atoms. The maximum absolute atomic E-state index is 13.0. The first-order valence-corrected chi connectivity index (χ1v) is 9.13. The van der Waals surface area contributed by atoms with Crippen LogP contribution in [0.5, 0.6) is 0 Å². The Hall–Kier alpha value is -2.33. The fourth-order valence-corrected chi connectivity index (χ4v) is 3.89. The van der Waals surface area contributed by atoms with E-state index in [1.807, 2.05) is 24.3 Å². The lowest BCUT2D eigenvalue weighted by molar-refractivity contribution is 0.0931. The number of para-hydroxylation sites is 1. The number of fused-ring (bicyclic) bond motifs is 1. The number of nitrogens with zero attached hydrogens (tertiary/aromatic N) is 1. The Balaban J connectivity index is 1.56. The highest BCUT2D eigenvalue weighted by Crippen LogP contribution is 2.30. The third-order valence-corrected chi connectivity index (χ3v) is 5.18. The average Bonchev–Trinajstić information content (AvgIpc) is 2.69.